The lowest BCUT2D eigenvalue weighted by Crippen LogP contribution is -2.45. The molecular weight excluding hydrogens is 384 g/mol. The quantitative estimate of drug-likeness (QED) is 0.761. The highest BCUT2D eigenvalue weighted by atomic mass is 16.6. The van der Waals surface area contributed by atoms with E-state index in [4.69, 9.17) is 14.2 Å². The molecule has 7 nitrogen and oxygen atoms in total. The fraction of sp³-hybridized carbons (Fsp3) is 0.391. The van der Waals surface area contributed by atoms with Gasteiger partial charge < -0.3 is 19.5 Å². The van der Waals surface area contributed by atoms with Gasteiger partial charge in [0.25, 0.3) is 0 Å². The van der Waals surface area contributed by atoms with Gasteiger partial charge in [-0.05, 0) is 70.0 Å². The number of ether oxygens (including phenoxy) is 3. The number of nitrogens with zero attached hydrogens (tertiary/aromatic N) is 1. The van der Waals surface area contributed by atoms with Crippen LogP contribution in [0.4, 0.5) is 10.5 Å². The fourth-order valence-electron chi connectivity index (χ4n) is 3.24. The predicted octanol–water partition coefficient (Wildman–Crippen LogP) is 4.83. The summed E-state index contributed by atoms with van der Waals surface area (Å²) < 4.78 is 16.6. The zero-order chi connectivity index (χ0) is 21.7. The molecule has 30 heavy (non-hydrogen) atoms. The van der Waals surface area contributed by atoms with E-state index in [1.807, 2.05) is 45.0 Å². The van der Waals surface area contributed by atoms with Crippen molar-refractivity contribution in [3.05, 3.63) is 48.5 Å². The van der Waals surface area contributed by atoms with E-state index in [1.165, 1.54) is 4.90 Å². The SMILES string of the molecule is COc1ccccc1Oc1ccc(NC(=O)C2CCCN2C(=O)OC(C)(C)C)cc1. The second kappa shape index (κ2) is 9.07. The van der Waals surface area contributed by atoms with Crippen LogP contribution in [0.3, 0.4) is 0 Å². The van der Waals surface area contributed by atoms with Crippen molar-refractivity contribution in [2.24, 2.45) is 0 Å². The molecule has 1 aliphatic heterocycles. The average Bonchev–Trinajstić information content (AvgIpc) is 3.19. The summed E-state index contributed by atoms with van der Waals surface area (Å²) in [6.45, 7) is 5.94. The summed E-state index contributed by atoms with van der Waals surface area (Å²) in [4.78, 5) is 26.6. The highest BCUT2D eigenvalue weighted by Crippen LogP contribution is 2.31. The van der Waals surface area contributed by atoms with E-state index in [2.05, 4.69) is 5.32 Å². The first-order valence-corrected chi connectivity index (χ1v) is 9.98. The first-order valence-electron chi connectivity index (χ1n) is 9.98. The minimum Gasteiger partial charge on any atom is -0.493 e. The maximum atomic E-state index is 12.7. The van der Waals surface area contributed by atoms with Gasteiger partial charge in [0.05, 0.1) is 7.11 Å². The molecule has 1 fully saturated rings. The van der Waals surface area contributed by atoms with Crippen molar-refractivity contribution in [3.8, 4) is 17.2 Å². The largest absolute Gasteiger partial charge is 0.493 e. The van der Waals surface area contributed by atoms with Crippen LogP contribution >= 0.6 is 0 Å². The highest BCUT2D eigenvalue weighted by molar-refractivity contribution is 5.96. The second-order valence-electron chi connectivity index (χ2n) is 8.10. The Morgan fingerprint density at radius 3 is 2.33 bits per heavy atom. The minimum absolute atomic E-state index is 0.225. The third-order valence-corrected chi connectivity index (χ3v) is 4.60. The fourth-order valence-corrected chi connectivity index (χ4v) is 3.24. The summed E-state index contributed by atoms with van der Waals surface area (Å²) in [5, 5.41) is 2.88. The third kappa shape index (κ3) is 5.43. The van der Waals surface area contributed by atoms with E-state index < -0.39 is 17.7 Å². The second-order valence-corrected chi connectivity index (χ2v) is 8.10. The van der Waals surface area contributed by atoms with Crippen molar-refractivity contribution in [3.63, 3.8) is 0 Å². The van der Waals surface area contributed by atoms with Crippen LogP contribution in [-0.4, -0.2) is 42.2 Å². The summed E-state index contributed by atoms with van der Waals surface area (Å²) in [7, 11) is 1.59. The number of amides is 2. The predicted molar refractivity (Wildman–Crippen MR) is 114 cm³/mol. The number of carbonyl (C=O) groups is 2. The molecule has 2 aromatic carbocycles. The molecule has 1 aliphatic rings. The minimum atomic E-state index is -0.599. The smallest absolute Gasteiger partial charge is 0.410 e. The van der Waals surface area contributed by atoms with Gasteiger partial charge in [0.1, 0.15) is 17.4 Å². The van der Waals surface area contributed by atoms with Gasteiger partial charge in [0.15, 0.2) is 11.5 Å². The third-order valence-electron chi connectivity index (χ3n) is 4.60. The molecule has 2 amide bonds. The number of rotatable bonds is 5. The van der Waals surface area contributed by atoms with Crippen LogP contribution in [-0.2, 0) is 9.53 Å². The molecule has 1 atom stereocenters. The van der Waals surface area contributed by atoms with Crippen LogP contribution in [0.25, 0.3) is 0 Å². The van der Waals surface area contributed by atoms with Crippen molar-refractivity contribution >= 4 is 17.7 Å². The molecule has 0 saturated carbocycles. The highest BCUT2D eigenvalue weighted by Gasteiger charge is 2.36. The number of carbonyl (C=O) groups excluding carboxylic acids is 2. The van der Waals surface area contributed by atoms with E-state index in [1.54, 1.807) is 31.4 Å². The number of methoxy groups -OCH3 is 1. The molecular formula is C23H28N2O5. The number of hydrogen-bond donors (Lipinski definition) is 1. The maximum absolute atomic E-state index is 12.7. The number of para-hydroxylation sites is 2. The molecule has 0 radical (unpaired) electrons. The summed E-state index contributed by atoms with van der Waals surface area (Å²) in [6.07, 6.45) is 0.920. The topological polar surface area (TPSA) is 77.1 Å². The Balaban J connectivity index is 1.62. The summed E-state index contributed by atoms with van der Waals surface area (Å²) >= 11 is 0. The molecule has 160 valence electrons. The maximum Gasteiger partial charge on any atom is 0.410 e. The number of hydrogen-bond acceptors (Lipinski definition) is 5. The number of benzene rings is 2. The Morgan fingerprint density at radius 1 is 1.03 bits per heavy atom. The lowest BCUT2D eigenvalue weighted by molar-refractivity contribution is -0.120. The van der Waals surface area contributed by atoms with Crippen molar-refractivity contribution in [1.29, 1.82) is 0 Å². The van der Waals surface area contributed by atoms with Gasteiger partial charge >= 0.3 is 6.09 Å². The molecule has 1 heterocycles. The van der Waals surface area contributed by atoms with E-state index in [0.29, 0.717) is 35.9 Å². The molecule has 2 aromatic rings. The standard InChI is InChI=1S/C23H28N2O5/c1-23(2,3)30-22(27)25-15-7-8-18(25)21(26)24-16-11-13-17(14-12-16)29-20-10-6-5-9-19(20)28-4/h5-6,9-14,18H,7-8,15H2,1-4H3,(H,24,26). The van der Waals surface area contributed by atoms with E-state index in [-0.39, 0.29) is 5.91 Å². The van der Waals surface area contributed by atoms with Gasteiger partial charge in [0.2, 0.25) is 5.91 Å². The molecule has 0 bridgehead atoms. The Morgan fingerprint density at radius 2 is 1.70 bits per heavy atom. The summed E-state index contributed by atoms with van der Waals surface area (Å²) in [5.74, 6) is 1.64. The lowest BCUT2D eigenvalue weighted by atomic mass is 10.2. The van der Waals surface area contributed by atoms with Crippen LogP contribution in [0.1, 0.15) is 33.6 Å². The molecule has 1 saturated heterocycles. The van der Waals surface area contributed by atoms with Crippen LogP contribution in [0.5, 0.6) is 17.2 Å². The molecule has 7 heteroatoms. The van der Waals surface area contributed by atoms with Gasteiger partial charge in [-0.15, -0.1) is 0 Å². The first kappa shape index (κ1) is 21.5. The zero-order valence-electron chi connectivity index (χ0n) is 17.8. The number of likely N-dealkylation sites (tertiary alicyclic amines) is 1. The van der Waals surface area contributed by atoms with Crippen LogP contribution in [0.2, 0.25) is 0 Å². The van der Waals surface area contributed by atoms with Gasteiger partial charge in [-0.3, -0.25) is 9.69 Å². The van der Waals surface area contributed by atoms with Crippen molar-refractivity contribution in [2.45, 2.75) is 45.3 Å². The zero-order valence-corrected chi connectivity index (χ0v) is 17.8. The van der Waals surface area contributed by atoms with Gasteiger partial charge in [-0.2, -0.15) is 0 Å². The first-order chi connectivity index (χ1) is 14.3. The molecule has 0 spiro atoms. The van der Waals surface area contributed by atoms with Crippen molar-refractivity contribution in [1.82, 2.24) is 4.90 Å². The molecule has 3 rings (SSSR count). The molecule has 0 aromatic heterocycles. The Kier molecular flexibility index (Phi) is 6.50. The summed E-state index contributed by atoms with van der Waals surface area (Å²) in [5.41, 5.74) is 0.0289. The Bertz CT molecular complexity index is 889. The van der Waals surface area contributed by atoms with E-state index in [9.17, 15) is 9.59 Å². The Labute approximate surface area is 176 Å². The normalized spacial score (nSPS) is 16.1. The monoisotopic (exact) mass is 412 g/mol. The van der Waals surface area contributed by atoms with Crippen molar-refractivity contribution < 1.29 is 23.8 Å². The lowest BCUT2D eigenvalue weighted by Gasteiger charge is -2.28. The van der Waals surface area contributed by atoms with Gasteiger partial charge in [-0.1, -0.05) is 12.1 Å². The number of nitrogens with one attached hydrogen (secondary N) is 1. The summed E-state index contributed by atoms with van der Waals surface area (Å²) in [6, 6.07) is 13.9. The van der Waals surface area contributed by atoms with Crippen LogP contribution in [0.15, 0.2) is 48.5 Å². The van der Waals surface area contributed by atoms with Gasteiger partial charge in [-0.25, -0.2) is 4.79 Å². The van der Waals surface area contributed by atoms with Crippen LogP contribution < -0.4 is 14.8 Å². The average molecular weight is 412 g/mol. The van der Waals surface area contributed by atoms with Crippen molar-refractivity contribution in [2.75, 3.05) is 19.0 Å². The molecule has 1 unspecified atom stereocenters. The molecule has 1 N–H and O–H groups in total. The van der Waals surface area contributed by atoms with Crippen LogP contribution in [0, 0.1) is 0 Å². The van der Waals surface area contributed by atoms with E-state index in [0.717, 1.165) is 6.42 Å². The van der Waals surface area contributed by atoms with E-state index >= 15 is 0 Å². The molecule has 0 aliphatic carbocycles. The number of anilines is 1. The van der Waals surface area contributed by atoms with Gasteiger partial charge in [0, 0.05) is 12.2 Å². The Hall–Kier alpha value is -3.22.